The molecule has 0 unspecified atom stereocenters. The Hall–Kier alpha value is -1.33. The van der Waals surface area contributed by atoms with Crippen molar-refractivity contribution in [1.82, 2.24) is 15.2 Å². The fourth-order valence-corrected chi connectivity index (χ4v) is 2.04. The number of likely N-dealkylation sites (N-methyl/N-ethyl adjacent to an activating group) is 1. The molecule has 0 aliphatic rings. The van der Waals surface area contributed by atoms with E-state index in [0.29, 0.717) is 22.9 Å². The summed E-state index contributed by atoms with van der Waals surface area (Å²) in [5, 5.41) is 6.32. The van der Waals surface area contributed by atoms with E-state index in [9.17, 15) is 4.79 Å². The van der Waals surface area contributed by atoms with Gasteiger partial charge >= 0.3 is 0 Å². The zero-order chi connectivity index (χ0) is 15.0. The van der Waals surface area contributed by atoms with Gasteiger partial charge in [-0.05, 0) is 26.1 Å². The maximum Gasteiger partial charge on any atom is 0.253 e. The Morgan fingerprint density at radius 3 is 2.65 bits per heavy atom. The molecule has 0 saturated heterocycles. The molecule has 0 fully saturated rings. The van der Waals surface area contributed by atoms with Crippen molar-refractivity contribution in [3.8, 4) is 0 Å². The summed E-state index contributed by atoms with van der Waals surface area (Å²) in [7, 11) is 0. The molecule has 1 heterocycles. The number of aromatic nitrogens is 1. The van der Waals surface area contributed by atoms with E-state index in [-0.39, 0.29) is 5.91 Å². The van der Waals surface area contributed by atoms with Crippen molar-refractivity contribution in [2.75, 3.05) is 38.0 Å². The molecule has 0 aliphatic heterocycles. The lowest BCUT2D eigenvalue weighted by Crippen LogP contribution is -2.34. The molecule has 1 rings (SSSR count). The van der Waals surface area contributed by atoms with Gasteiger partial charge in [0, 0.05) is 25.8 Å². The number of hydrogen-bond donors (Lipinski definition) is 2. The molecule has 0 spiro atoms. The zero-order valence-corrected chi connectivity index (χ0v) is 13.1. The molecular formula is C14H23ClN4O. The molecule has 6 heteroatoms. The molecule has 0 saturated carbocycles. The number of nitrogens with one attached hydrogen (secondary N) is 2. The van der Waals surface area contributed by atoms with Crippen LogP contribution >= 0.6 is 11.6 Å². The summed E-state index contributed by atoms with van der Waals surface area (Å²) in [6.07, 6.45) is 1.50. The second kappa shape index (κ2) is 8.76. The third-order valence-corrected chi connectivity index (χ3v) is 3.37. The Labute approximate surface area is 125 Å². The number of pyridine rings is 1. The van der Waals surface area contributed by atoms with Crippen LogP contribution in [0.2, 0.25) is 5.02 Å². The van der Waals surface area contributed by atoms with Crippen molar-refractivity contribution in [2.45, 2.75) is 20.8 Å². The third-order valence-electron chi connectivity index (χ3n) is 3.07. The molecule has 112 valence electrons. The van der Waals surface area contributed by atoms with Crippen LogP contribution in [0.25, 0.3) is 0 Å². The number of anilines is 1. The molecular weight excluding hydrogens is 276 g/mol. The van der Waals surface area contributed by atoms with Crippen LogP contribution in [0.1, 0.15) is 31.1 Å². The second-order valence-electron chi connectivity index (χ2n) is 4.36. The van der Waals surface area contributed by atoms with Gasteiger partial charge in [-0.15, -0.1) is 0 Å². The van der Waals surface area contributed by atoms with Gasteiger partial charge in [-0.25, -0.2) is 4.98 Å². The normalized spacial score (nSPS) is 10.7. The smallest absolute Gasteiger partial charge is 0.253 e. The van der Waals surface area contributed by atoms with Crippen molar-refractivity contribution >= 4 is 23.3 Å². The highest BCUT2D eigenvalue weighted by molar-refractivity contribution is 6.33. The first-order valence-corrected chi connectivity index (χ1v) is 7.40. The van der Waals surface area contributed by atoms with Gasteiger partial charge in [0.15, 0.2) is 0 Å². The van der Waals surface area contributed by atoms with Crippen LogP contribution in [0.3, 0.4) is 0 Å². The quantitative estimate of drug-likeness (QED) is 0.773. The van der Waals surface area contributed by atoms with E-state index in [1.165, 1.54) is 6.20 Å². The first-order valence-electron chi connectivity index (χ1n) is 7.02. The van der Waals surface area contributed by atoms with Gasteiger partial charge in [-0.3, -0.25) is 4.79 Å². The SMILES string of the molecule is CCNc1cc(C(=O)NCCN(CC)CC)c(Cl)cn1. The molecule has 0 aliphatic carbocycles. The molecule has 0 bridgehead atoms. The Morgan fingerprint density at radius 1 is 1.35 bits per heavy atom. The minimum absolute atomic E-state index is 0.163. The van der Waals surface area contributed by atoms with Crippen molar-refractivity contribution in [1.29, 1.82) is 0 Å². The third kappa shape index (κ3) is 4.98. The summed E-state index contributed by atoms with van der Waals surface area (Å²) in [6.45, 7) is 10.3. The van der Waals surface area contributed by atoms with E-state index in [1.54, 1.807) is 6.07 Å². The number of nitrogens with zero attached hydrogens (tertiary/aromatic N) is 2. The van der Waals surface area contributed by atoms with Gasteiger partial charge in [0.1, 0.15) is 5.82 Å². The Balaban J connectivity index is 2.60. The van der Waals surface area contributed by atoms with Crippen molar-refractivity contribution < 1.29 is 4.79 Å². The summed E-state index contributed by atoms with van der Waals surface area (Å²) < 4.78 is 0. The summed E-state index contributed by atoms with van der Waals surface area (Å²) in [5.74, 6) is 0.495. The van der Waals surface area contributed by atoms with Crippen LogP contribution in [-0.2, 0) is 0 Å². The largest absolute Gasteiger partial charge is 0.370 e. The predicted molar refractivity (Wildman–Crippen MR) is 83.5 cm³/mol. The molecule has 0 aromatic carbocycles. The summed E-state index contributed by atoms with van der Waals surface area (Å²) in [4.78, 5) is 18.5. The molecule has 1 aromatic heterocycles. The molecule has 0 radical (unpaired) electrons. The topological polar surface area (TPSA) is 57.3 Å². The van der Waals surface area contributed by atoms with E-state index in [4.69, 9.17) is 11.6 Å². The van der Waals surface area contributed by atoms with E-state index in [1.807, 2.05) is 6.92 Å². The molecule has 5 nitrogen and oxygen atoms in total. The van der Waals surface area contributed by atoms with E-state index < -0.39 is 0 Å². The molecule has 2 N–H and O–H groups in total. The Kier molecular flexibility index (Phi) is 7.33. The Morgan fingerprint density at radius 2 is 2.05 bits per heavy atom. The van der Waals surface area contributed by atoms with E-state index in [2.05, 4.69) is 34.4 Å². The minimum Gasteiger partial charge on any atom is -0.370 e. The Bertz CT molecular complexity index is 435. The van der Waals surface area contributed by atoms with Crippen LogP contribution in [0.15, 0.2) is 12.3 Å². The first-order chi connectivity index (χ1) is 9.62. The lowest BCUT2D eigenvalue weighted by molar-refractivity contribution is 0.0949. The van der Waals surface area contributed by atoms with Crippen LogP contribution in [0, 0.1) is 0 Å². The summed E-state index contributed by atoms with van der Waals surface area (Å²) in [6, 6.07) is 1.68. The van der Waals surface area contributed by atoms with Crippen LogP contribution in [0.4, 0.5) is 5.82 Å². The summed E-state index contributed by atoms with van der Waals surface area (Å²) in [5.41, 5.74) is 0.456. The molecule has 1 aromatic rings. The highest BCUT2D eigenvalue weighted by Crippen LogP contribution is 2.17. The van der Waals surface area contributed by atoms with Gasteiger partial charge < -0.3 is 15.5 Å². The number of amides is 1. The van der Waals surface area contributed by atoms with Gasteiger partial charge in [0.25, 0.3) is 5.91 Å². The lowest BCUT2D eigenvalue weighted by atomic mass is 10.2. The van der Waals surface area contributed by atoms with Crippen LogP contribution in [-0.4, -0.2) is 48.5 Å². The van der Waals surface area contributed by atoms with Crippen LogP contribution < -0.4 is 10.6 Å². The average molecular weight is 299 g/mol. The number of halogens is 1. The van der Waals surface area contributed by atoms with E-state index >= 15 is 0 Å². The van der Waals surface area contributed by atoms with E-state index in [0.717, 1.165) is 26.2 Å². The highest BCUT2D eigenvalue weighted by Gasteiger charge is 2.12. The fourth-order valence-electron chi connectivity index (χ4n) is 1.85. The van der Waals surface area contributed by atoms with Gasteiger partial charge in [-0.2, -0.15) is 0 Å². The van der Waals surface area contributed by atoms with Crippen molar-refractivity contribution in [2.24, 2.45) is 0 Å². The summed E-state index contributed by atoms with van der Waals surface area (Å²) >= 11 is 6.03. The fraction of sp³-hybridized carbons (Fsp3) is 0.571. The maximum absolute atomic E-state index is 12.1. The lowest BCUT2D eigenvalue weighted by Gasteiger charge is -2.18. The number of rotatable bonds is 8. The standard InChI is InChI=1S/C14H23ClN4O/c1-4-16-13-9-11(12(15)10-18-13)14(20)17-7-8-19(5-2)6-3/h9-10H,4-8H2,1-3H3,(H,16,18)(H,17,20). The number of hydrogen-bond acceptors (Lipinski definition) is 4. The number of carbonyl (C=O) groups is 1. The maximum atomic E-state index is 12.1. The molecule has 1 amide bonds. The predicted octanol–water partition coefficient (Wildman–Crippen LogP) is 2.24. The van der Waals surface area contributed by atoms with Crippen molar-refractivity contribution in [3.05, 3.63) is 22.8 Å². The minimum atomic E-state index is -0.163. The van der Waals surface area contributed by atoms with Gasteiger partial charge in [-0.1, -0.05) is 25.4 Å². The average Bonchev–Trinajstić information content (AvgIpc) is 2.45. The van der Waals surface area contributed by atoms with Gasteiger partial charge in [0.05, 0.1) is 10.6 Å². The number of carbonyl (C=O) groups excluding carboxylic acids is 1. The van der Waals surface area contributed by atoms with Gasteiger partial charge in [0.2, 0.25) is 0 Å². The second-order valence-corrected chi connectivity index (χ2v) is 4.77. The molecule has 20 heavy (non-hydrogen) atoms. The zero-order valence-electron chi connectivity index (χ0n) is 12.4. The monoisotopic (exact) mass is 298 g/mol. The molecule has 0 atom stereocenters. The first kappa shape index (κ1) is 16.7. The van der Waals surface area contributed by atoms with Crippen molar-refractivity contribution in [3.63, 3.8) is 0 Å². The van der Waals surface area contributed by atoms with Crippen LogP contribution in [0.5, 0.6) is 0 Å². The highest BCUT2D eigenvalue weighted by atomic mass is 35.5.